The van der Waals surface area contributed by atoms with Crippen molar-refractivity contribution in [2.24, 2.45) is 0 Å². The van der Waals surface area contributed by atoms with Crippen LogP contribution in [0.3, 0.4) is 0 Å². The second-order valence-corrected chi connectivity index (χ2v) is 4.86. The zero-order chi connectivity index (χ0) is 15.8. The first-order valence-electron chi connectivity index (χ1n) is 7.12. The topological polar surface area (TPSA) is 74.5 Å². The van der Waals surface area contributed by atoms with Gasteiger partial charge in [0.05, 0.1) is 31.0 Å². The summed E-state index contributed by atoms with van der Waals surface area (Å²) >= 11 is 0. The quantitative estimate of drug-likeness (QED) is 0.655. The van der Waals surface area contributed by atoms with Crippen molar-refractivity contribution >= 4 is 11.6 Å². The Hall–Kier alpha value is -2.53. The van der Waals surface area contributed by atoms with Crippen LogP contribution >= 0.6 is 0 Å². The van der Waals surface area contributed by atoms with E-state index in [0.717, 1.165) is 5.76 Å². The van der Waals surface area contributed by atoms with Crippen LogP contribution in [-0.4, -0.2) is 23.7 Å². The Balaban J connectivity index is 2.06. The standard InChI is InChI=1S/C17H20N2O3/c1-2-6-13(12-20)19-17(21)15-8-3-4-9-16(15)18-11-14-7-5-10-22-14/h2-5,7-10,13,18,20H,1,6,11-12H2,(H,19,21). The third kappa shape index (κ3) is 4.23. The molecule has 22 heavy (non-hydrogen) atoms. The molecule has 1 amide bonds. The minimum Gasteiger partial charge on any atom is -0.467 e. The molecular weight excluding hydrogens is 280 g/mol. The molecule has 0 saturated carbocycles. The highest BCUT2D eigenvalue weighted by atomic mass is 16.3. The third-order valence-corrected chi connectivity index (χ3v) is 3.21. The second-order valence-electron chi connectivity index (χ2n) is 4.86. The predicted octanol–water partition coefficient (Wildman–Crippen LogP) is 2.56. The van der Waals surface area contributed by atoms with E-state index in [4.69, 9.17) is 4.42 Å². The predicted molar refractivity (Wildman–Crippen MR) is 85.6 cm³/mol. The van der Waals surface area contributed by atoms with Crippen LogP contribution in [0.2, 0.25) is 0 Å². The number of benzene rings is 1. The van der Waals surface area contributed by atoms with Crippen LogP contribution in [0.5, 0.6) is 0 Å². The average Bonchev–Trinajstić information content (AvgIpc) is 3.06. The molecule has 1 unspecified atom stereocenters. The van der Waals surface area contributed by atoms with Crippen molar-refractivity contribution in [3.63, 3.8) is 0 Å². The van der Waals surface area contributed by atoms with E-state index in [2.05, 4.69) is 17.2 Å². The molecule has 2 aromatic rings. The number of nitrogens with one attached hydrogen (secondary N) is 2. The molecule has 0 saturated heterocycles. The van der Waals surface area contributed by atoms with Crippen molar-refractivity contribution in [2.45, 2.75) is 19.0 Å². The van der Waals surface area contributed by atoms with Crippen molar-refractivity contribution in [3.8, 4) is 0 Å². The highest BCUT2D eigenvalue weighted by Crippen LogP contribution is 2.16. The van der Waals surface area contributed by atoms with E-state index < -0.39 is 0 Å². The summed E-state index contributed by atoms with van der Waals surface area (Å²) in [5.74, 6) is 0.554. The van der Waals surface area contributed by atoms with Crippen molar-refractivity contribution < 1.29 is 14.3 Å². The van der Waals surface area contributed by atoms with Crippen molar-refractivity contribution in [1.29, 1.82) is 0 Å². The fraction of sp³-hybridized carbons (Fsp3) is 0.235. The van der Waals surface area contributed by atoms with Crippen molar-refractivity contribution in [3.05, 3.63) is 66.6 Å². The molecule has 0 radical (unpaired) electrons. The number of furan rings is 1. The summed E-state index contributed by atoms with van der Waals surface area (Å²) in [7, 11) is 0. The second kappa shape index (κ2) is 8.05. The monoisotopic (exact) mass is 300 g/mol. The van der Waals surface area contributed by atoms with Gasteiger partial charge < -0.3 is 20.2 Å². The van der Waals surface area contributed by atoms with Gasteiger partial charge in [0, 0.05) is 5.69 Å². The first kappa shape index (κ1) is 15.9. The molecule has 0 aliphatic carbocycles. The van der Waals surface area contributed by atoms with Crippen LogP contribution in [0.1, 0.15) is 22.5 Å². The van der Waals surface area contributed by atoms with Crippen LogP contribution in [0, 0.1) is 0 Å². The van der Waals surface area contributed by atoms with Gasteiger partial charge in [0.25, 0.3) is 5.91 Å². The number of rotatable bonds is 8. The SMILES string of the molecule is C=CCC(CO)NC(=O)c1ccccc1NCc1ccco1. The molecule has 0 aliphatic rings. The maximum absolute atomic E-state index is 12.4. The number of para-hydroxylation sites is 1. The first-order valence-corrected chi connectivity index (χ1v) is 7.12. The van der Waals surface area contributed by atoms with E-state index in [1.54, 1.807) is 24.5 Å². The van der Waals surface area contributed by atoms with E-state index in [-0.39, 0.29) is 18.6 Å². The molecule has 2 rings (SSSR count). The number of aliphatic hydroxyl groups is 1. The Bertz CT molecular complexity index is 608. The summed E-state index contributed by atoms with van der Waals surface area (Å²) in [6.07, 6.45) is 3.79. The van der Waals surface area contributed by atoms with Gasteiger partial charge in [-0.1, -0.05) is 18.2 Å². The van der Waals surface area contributed by atoms with Crippen LogP contribution in [0.25, 0.3) is 0 Å². The molecule has 1 heterocycles. The third-order valence-electron chi connectivity index (χ3n) is 3.21. The molecule has 1 atom stereocenters. The van der Waals surface area contributed by atoms with E-state index in [1.165, 1.54) is 0 Å². The maximum Gasteiger partial charge on any atom is 0.253 e. The lowest BCUT2D eigenvalue weighted by Crippen LogP contribution is -2.37. The Morgan fingerprint density at radius 2 is 2.14 bits per heavy atom. The van der Waals surface area contributed by atoms with Gasteiger partial charge in [-0.2, -0.15) is 0 Å². The van der Waals surface area contributed by atoms with E-state index in [1.807, 2.05) is 24.3 Å². The van der Waals surface area contributed by atoms with Crippen LogP contribution in [-0.2, 0) is 6.54 Å². The summed E-state index contributed by atoms with van der Waals surface area (Å²) in [6.45, 7) is 3.99. The van der Waals surface area contributed by atoms with Crippen LogP contribution in [0.15, 0.2) is 59.7 Å². The minimum atomic E-state index is -0.330. The normalized spacial score (nSPS) is 11.7. The Morgan fingerprint density at radius 1 is 1.32 bits per heavy atom. The molecule has 0 bridgehead atoms. The molecule has 0 aliphatic heterocycles. The van der Waals surface area contributed by atoms with Gasteiger partial charge >= 0.3 is 0 Å². The Labute approximate surface area is 129 Å². The smallest absolute Gasteiger partial charge is 0.253 e. The molecule has 0 fully saturated rings. The summed E-state index contributed by atoms with van der Waals surface area (Å²) in [4.78, 5) is 12.4. The number of carbonyl (C=O) groups is 1. The fourth-order valence-electron chi connectivity index (χ4n) is 2.07. The van der Waals surface area contributed by atoms with Crippen molar-refractivity contribution in [2.75, 3.05) is 11.9 Å². The number of hydrogen-bond acceptors (Lipinski definition) is 4. The van der Waals surface area contributed by atoms with Gasteiger partial charge in [-0.15, -0.1) is 6.58 Å². The van der Waals surface area contributed by atoms with Gasteiger partial charge in [0.15, 0.2) is 0 Å². The molecular formula is C17H20N2O3. The average molecular weight is 300 g/mol. The molecule has 116 valence electrons. The number of anilines is 1. The first-order chi connectivity index (χ1) is 10.7. The molecule has 1 aromatic carbocycles. The van der Waals surface area contributed by atoms with Crippen LogP contribution < -0.4 is 10.6 Å². The molecule has 5 nitrogen and oxygen atoms in total. The van der Waals surface area contributed by atoms with Gasteiger partial charge in [-0.25, -0.2) is 0 Å². The molecule has 5 heteroatoms. The van der Waals surface area contributed by atoms with Crippen LogP contribution in [0.4, 0.5) is 5.69 Å². The summed E-state index contributed by atoms with van der Waals surface area (Å²) in [6, 6.07) is 10.6. The number of amides is 1. The Morgan fingerprint density at radius 3 is 2.82 bits per heavy atom. The number of aliphatic hydroxyl groups excluding tert-OH is 1. The molecule has 3 N–H and O–H groups in total. The van der Waals surface area contributed by atoms with E-state index >= 15 is 0 Å². The van der Waals surface area contributed by atoms with Gasteiger partial charge in [-0.3, -0.25) is 4.79 Å². The zero-order valence-electron chi connectivity index (χ0n) is 12.3. The highest BCUT2D eigenvalue weighted by Gasteiger charge is 2.15. The fourth-order valence-corrected chi connectivity index (χ4v) is 2.07. The summed E-state index contributed by atoms with van der Waals surface area (Å²) in [5, 5.41) is 15.2. The maximum atomic E-state index is 12.4. The van der Waals surface area contributed by atoms with Gasteiger partial charge in [0.1, 0.15) is 5.76 Å². The zero-order valence-corrected chi connectivity index (χ0v) is 12.3. The van der Waals surface area contributed by atoms with Gasteiger partial charge in [-0.05, 0) is 30.7 Å². The highest BCUT2D eigenvalue weighted by molar-refractivity contribution is 5.99. The minimum absolute atomic E-state index is 0.125. The van der Waals surface area contributed by atoms with Crippen molar-refractivity contribution in [1.82, 2.24) is 5.32 Å². The Kier molecular flexibility index (Phi) is 5.80. The lowest BCUT2D eigenvalue weighted by molar-refractivity contribution is 0.0918. The molecule has 0 spiro atoms. The van der Waals surface area contributed by atoms with E-state index in [9.17, 15) is 9.90 Å². The lowest BCUT2D eigenvalue weighted by atomic mass is 10.1. The summed E-state index contributed by atoms with van der Waals surface area (Å²) in [5.41, 5.74) is 1.24. The lowest BCUT2D eigenvalue weighted by Gasteiger charge is -2.16. The largest absolute Gasteiger partial charge is 0.467 e. The van der Waals surface area contributed by atoms with E-state index in [0.29, 0.717) is 24.2 Å². The van der Waals surface area contributed by atoms with Gasteiger partial charge in [0.2, 0.25) is 0 Å². The summed E-state index contributed by atoms with van der Waals surface area (Å²) < 4.78 is 5.26. The number of hydrogen-bond donors (Lipinski definition) is 3. The number of carbonyl (C=O) groups excluding carboxylic acids is 1. The molecule has 1 aromatic heterocycles.